The molecule has 0 aromatic carbocycles. The standard InChI is InChI=1S/C13H20N2O/c1-4-14-8-12-9(2)7-10(3)15(13(12)16)11-5-6-11/h7,11,14H,4-6,8H2,1-3H3. The van der Waals surface area contributed by atoms with E-state index in [4.69, 9.17) is 0 Å². The van der Waals surface area contributed by atoms with E-state index in [-0.39, 0.29) is 5.56 Å². The minimum atomic E-state index is 0.209. The molecule has 1 aliphatic rings. The molecule has 0 atom stereocenters. The van der Waals surface area contributed by atoms with Crippen molar-refractivity contribution in [3.05, 3.63) is 33.2 Å². The van der Waals surface area contributed by atoms with E-state index >= 15 is 0 Å². The van der Waals surface area contributed by atoms with Gasteiger partial charge in [-0.05, 0) is 44.9 Å². The van der Waals surface area contributed by atoms with Crippen molar-refractivity contribution in [2.24, 2.45) is 0 Å². The van der Waals surface area contributed by atoms with E-state index in [1.54, 1.807) is 0 Å². The first kappa shape index (κ1) is 11.4. The molecule has 1 aliphatic carbocycles. The van der Waals surface area contributed by atoms with E-state index in [1.165, 1.54) is 0 Å². The van der Waals surface area contributed by atoms with Crippen molar-refractivity contribution in [3.8, 4) is 0 Å². The minimum Gasteiger partial charge on any atom is -0.313 e. The number of rotatable bonds is 4. The molecule has 3 nitrogen and oxygen atoms in total. The Bertz CT molecular complexity index is 444. The predicted octanol–water partition coefficient (Wildman–Crippen LogP) is 1.91. The molecule has 0 radical (unpaired) electrons. The predicted molar refractivity (Wildman–Crippen MR) is 65.8 cm³/mol. The van der Waals surface area contributed by atoms with Crippen LogP contribution >= 0.6 is 0 Å². The van der Waals surface area contributed by atoms with Crippen LogP contribution < -0.4 is 10.9 Å². The maximum atomic E-state index is 12.3. The summed E-state index contributed by atoms with van der Waals surface area (Å²) in [6.07, 6.45) is 2.31. The van der Waals surface area contributed by atoms with Gasteiger partial charge in [0, 0.05) is 23.8 Å². The van der Waals surface area contributed by atoms with Crippen LogP contribution in [0.2, 0.25) is 0 Å². The lowest BCUT2D eigenvalue weighted by atomic mass is 10.1. The molecule has 1 fully saturated rings. The number of hydrogen-bond donors (Lipinski definition) is 1. The van der Waals surface area contributed by atoms with Gasteiger partial charge in [0.05, 0.1) is 0 Å². The van der Waals surface area contributed by atoms with Crippen LogP contribution in [0.4, 0.5) is 0 Å². The Morgan fingerprint density at radius 1 is 1.44 bits per heavy atom. The number of nitrogens with zero attached hydrogens (tertiary/aromatic N) is 1. The summed E-state index contributed by atoms with van der Waals surface area (Å²) in [7, 11) is 0. The van der Waals surface area contributed by atoms with Gasteiger partial charge in [-0.3, -0.25) is 4.79 Å². The SMILES string of the molecule is CCNCc1c(C)cc(C)n(C2CC2)c1=O. The normalized spacial score (nSPS) is 15.4. The molecule has 1 aromatic heterocycles. The fourth-order valence-electron chi connectivity index (χ4n) is 2.20. The zero-order valence-corrected chi connectivity index (χ0v) is 10.3. The highest BCUT2D eigenvalue weighted by molar-refractivity contribution is 5.27. The van der Waals surface area contributed by atoms with Gasteiger partial charge in [0.1, 0.15) is 0 Å². The molecule has 0 bridgehead atoms. The van der Waals surface area contributed by atoms with Crippen LogP contribution in [0.25, 0.3) is 0 Å². The van der Waals surface area contributed by atoms with Gasteiger partial charge >= 0.3 is 0 Å². The molecule has 2 rings (SSSR count). The van der Waals surface area contributed by atoms with Crippen LogP contribution in [0.15, 0.2) is 10.9 Å². The van der Waals surface area contributed by atoms with E-state index < -0.39 is 0 Å². The van der Waals surface area contributed by atoms with Gasteiger partial charge in [-0.2, -0.15) is 0 Å². The number of nitrogens with one attached hydrogen (secondary N) is 1. The summed E-state index contributed by atoms with van der Waals surface area (Å²) in [6, 6.07) is 2.60. The third-order valence-corrected chi connectivity index (χ3v) is 3.22. The molecule has 1 saturated carbocycles. The van der Waals surface area contributed by atoms with Crippen LogP contribution in [-0.2, 0) is 6.54 Å². The summed E-state index contributed by atoms with van der Waals surface area (Å²) >= 11 is 0. The molecule has 0 saturated heterocycles. The summed E-state index contributed by atoms with van der Waals surface area (Å²) in [5.74, 6) is 0. The minimum absolute atomic E-state index is 0.209. The number of hydrogen-bond acceptors (Lipinski definition) is 2. The summed E-state index contributed by atoms with van der Waals surface area (Å²) in [6.45, 7) is 7.70. The van der Waals surface area contributed by atoms with Crippen LogP contribution in [0.1, 0.15) is 42.6 Å². The van der Waals surface area contributed by atoms with Crippen molar-refractivity contribution in [2.45, 2.75) is 46.2 Å². The van der Waals surface area contributed by atoms with Gasteiger partial charge in [-0.15, -0.1) is 0 Å². The van der Waals surface area contributed by atoms with Crippen molar-refractivity contribution >= 4 is 0 Å². The van der Waals surface area contributed by atoms with Crippen molar-refractivity contribution in [1.82, 2.24) is 9.88 Å². The average Bonchev–Trinajstić information content (AvgIpc) is 3.01. The highest BCUT2D eigenvalue weighted by Gasteiger charge is 2.26. The maximum absolute atomic E-state index is 12.3. The number of pyridine rings is 1. The lowest BCUT2D eigenvalue weighted by molar-refractivity contribution is 0.647. The van der Waals surface area contributed by atoms with Crippen LogP contribution in [0.3, 0.4) is 0 Å². The second kappa shape index (κ2) is 4.42. The topological polar surface area (TPSA) is 34.0 Å². The van der Waals surface area contributed by atoms with Gasteiger partial charge in [-0.1, -0.05) is 6.92 Å². The largest absolute Gasteiger partial charge is 0.313 e. The highest BCUT2D eigenvalue weighted by Crippen LogP contribution is 2.34. The van der Waals surface area contributed by atoms with Crippen molar-refractivity contribution in [3.63, 3.8) is 0 Å². The van der Waals surface area contributed by atoms with Crippen LogP contribution in [0.5, 0.6) is 0 Å². The van der Waals surface area contributed by atoms with Crippen LogP contribution in [0, 0.1) is 13.8 Å². The molecule has 16 heavy (non-hydrogen) atoms. The molecular formula is C13H20N2O. The lowest BCUT2D eigenvalue weighted by Crippen LogP contribution is -2.29. The molecule has 0 unspecified atom stereocenters. The first-order chi connectivity index (χ1) is 7.65. The third-order valence-electron chi connectivity index (χ3n) is 3.22. The Morgan fingerprint density at radius 2 is 2.12 bits per heavy atom. The van der Waals surface area contributed by atoms with Crippen molar-refractivity contribution < 1.29 is 0 Å². The molecular weight excluding hydrogens is 200 g/mol. The van der Waals surface area contributed by atoms with E-state index in [0.29, 0.717) is 12.6 Å². The zero-order chi connectivity index (χ0) is 11.7. The van der Waals surface area contributed by atoms with Crippen LogP contribution in [-0.4, -0.2) is 11.1 Å². The highest BCUT2D eigenvalue weighted by atomic mass is 16.1. The Labute approximate surface area is 96.5 Å². The van der Waals surface area contributed by atoms with E-state index in [9.17, 15) is 4.79 Å². The molecule has 1 aromatic rings. The summed E-state index contributed by atoms with van der Waals surface area (Å²) in [5.41, 5.74) is 3.35. The number of aryl methyl sites for hydroxylation is 2. The molecule has 3 heteroatoms. The first-order valence-corrected chi connectivity index (χ1v) is 6.07. The van der Waals surface area contributed by atoms with Gasteiger partial charge in [-0.25, -0.2) is 0 Å². The molecule has 0 amide bonds. The van der Waals surface area contributed by atoms with Crippen molar-refractivity contribution in [2.75, 3.05) is 6.54 Å². The Kier molecular flexibility index (Phi) is 3.15. The van der Waals surface area contributed by atoms with Gasteiger partial charge in [0.25, 0.3) is 5.56 Å². The van der Waals surface area contributed by atoms with E-state index in [1.807, 2.05) is 18.4 Å². The second-order valence-electron chi connectivity index (χ2n) is 4.63. The number of aromatic nitrogens is 1. The molecule has 0 aliphatic heterocycles. The van der Waals surface area contributed by atoms with Gasteiger partial charge in [0.15, 0.2) is 0 Å². The average molecular weight is 220 g/mol. The summed E-state index contributed by atoms with van der Waals surface area (Å²) < 4.78 is 1.97. The second-order valence-corrected chi connectivity index (χ2v) is 4.63. The monoisotopic (exact) mass is 220 g/mol. The van der Waals surface area contributed by atoms with Gasteiger partial charge < -0.3 is 9.88 Å². The lowest BCUT2D eigenvalue weighted by Gasteiger charge is -2.14. The first-order valence-electron chi connectivity index (χ1n) is 6.07. The van der Waals surface area contributed by atoms with Crippen molar-refractivity contribution in [1.29, 1.82) is 0 Å². The zero-order valence-electron chi connectivity index (χ0n) is 10.3. The Balaban J connectivity index is 2.43. The Hall–Kier alpha value is -1.09. The van der Waals surface area contributed by atoms with E-state index in [2.05, 4.69) is 18.3 Å². The quantitative estimate of drug-likeness (QED) is 0.841. The third kappa shape index (κ3) is 2.05. The molecule has 88 valence electrons. The smallest absolute Gasteiger partial charge is 0.255 e. The van der Waals surface area contributed by atoms with E-state index in [0.717, 1.165) is 36.2 Å². The van der Waals surface area contributed by atoms with Gasteiger partial charge in [0.2, 0.25) is 0 Å². The molecule has 1 heterocycles. The molecule has 1 N–H and O–H groups in total. The fraction of sp³-hybridized carbons (Fsp3) is 0.615. The fourth-order valence-corrected chi connectivity index (χ4v) is 2.20. The maximum Gasteiger partial charge on any atom is 0.255 e. The summed E-state index contributed by atoms with van der Waals surface area (Å²) in [5, 5.41) is 3.24. The summed E-state index contributed by atoms with van der Waals surface area (Å²) in [4.78, 5) is 12.3. The Morgan fingerprint density at radius 3 is 2.69 bits per heavy atom. The molecule has 0 spiro atoms.